The SMILES string of the molecule is COc1ccccc1N1CCN(c2cn[nH]c(=S)n2)CC1. The maximum absolute atomic E-state index is 5.43. The molecule has 0 aliphatic carbocycles. The van der Waals surface area contributed by atoms with Gasteiger partial charge in [0, 0.05) is 26.2 Å². The Kier molecular flexibility index (Phi) is 4.01. The highest BCUT2D eigenvalue weighted by Crippen LogP contribution is 2.28. The fraction of sp³-hybridized carbons (Fsp3) is 0.357. The summed E-state index contributed by atoms with van der Waals surface area (Å²) in [6, 6.07) is 8.10. The molecule has 0 amide bonds. The van der Waals surface area contributed by atoms with Crippen molar-refractivity contribution in [2.45, 2.75) is 0 Å². The topological polar surface area (TPSA) is 57.3 Å². The minimum atomic E-state index is 0.416. The molecule has 21 heavy (non-hydrogen) atoms. The normalized spacial score (nSPS) is 15.1. The Bertz CT molecular complexity index is 666. The van der Waals surface area contributed by atoms with Gasteiger partial charge in [0.1, 0.15) is 5.75 Å². The van der Waals surface area contributed by atoms with E-state index in [-0.39, 0.29) is 0 Å². The highest BCUT2D eigenvalue weighted by Gasteiger charge is 2.20. The lowest BCUT2D eigenvalue weighted by Crippen LogP contribution is -2.47. The molecule has 0 spiro atoms. The summed E-state index contributed by atoms with van der Waals surface area (Å²) < 4.78 is 5.85. The number of aromatic amines is 1. The van der Waals surface area contributed by atoms with Gasteiger partial charge in [-0.2, -0.15) is 10.1 Å². The number of nitrogens with one attached hydrogen (secondary N) is 1. The van der Waals surface area contributed by atoms with E-state index < -0.39 is 0 Å². The molecule has 0 atom stereocenters. The van der Waals surface area contributed by atoms with Gasteiger partial charge in [0.05, 0.1) is 19.0 Å². The second-order valence-electron chi connectivity index (χ2n) is 4.79. The average Bonchev–Trinajstić information content (AvgIpc) is 2.55. The van der Waals surface area contributed by atoms with Crippen molar-refractivity contribution in [1.29, 1.82) is 0 Å². The fourth-order valence-corrected chi connectivity index (χ4v) is 2.67. The van der Waals surface area contributed by atoms with Gasteiger partial charge in [-0.15, -0.1) is 0 Å². The van der Waals surface area contributed by atoms with E-state index in [2.05, 4.69) is 31.0 Å². The predicted octanol–water partition coefficient (Wildman–Crippen LogP) is 1.87. The molecule has 1 aromatic carbocycles. The van der Waals surface area contributed by atoms with Crippen molar-refractivity contribution in [3.05, 3.63) is 35.2 Å². The van der Waals surface area contributed by atoms with Crippen LogP contribution in [0.25, 0.3) is 0 Å². The third-order valence-corrected chi connectivity index (χ3v) is 3.77. The lowest BCUT2D eigenvalue weighted by molar-refractivity contribution is 0.413. The first kappa shape index (κ1) is 13.8. The summed E-state index contributed by atoms with van der Waals surface area (Å²) in [4.78, 5) is 8.83. The summed E-state index contributed by atoms with van der Waals surface area (Å²) in [5.41, 5.74) is 1.14. The van der Waals surface area contributed by atoms with Gasteiger partial charge in [0.2, 0.25) is 4.77 Å². The van der Waals surface area contributed by atoms with Gasteiger partial charge in [-0.1, -0.05) is 12.1 Å². The van der Waals surface area contributed by atoms with E-state index in [1.165, 1.54) is 0 Å². The molecular weight excluding hydrogens is 286 g/mol. The van der Waals surface area contributed by atoms with Crippen molar-refractivity contribution < 1.29 is 4.74 Å². The van der Waals surface area contributed by atoms with Crippen LogP contribution in [0.4, 0.5) is 11.5 Å². The van der Waals surface area contributed by atoms with Gasteiger partial charge < -0.3 is 14.5 Å². The lowest BCUT2D eigenvalue weighted by Gasteiger charge is -2.36. The summed E-state index contributed by atoms with van der Waals surface area (Å²) in [5.74, 6) is 1.74. The Labute approximate surface area is 128 Å². The van der Waals surface area contributed by atoms with E-state index in [4.69, 9.17) is 17.0 Å². The molecule has 7 heteroatoms. The van der Waals surface area contributed by atoms with Crippen molar-refractivity contribution >= 4 is 23.7 Å². The number of H-pyrrole nitrogens is 1. The molecule has 6 nitrogen and oxygen atoms in total. The molecule has 3 rings (SSSR count). The first-order chi connectivity index (χ1) is 10.3. The minimum Gasteiger partial charge on any atom is -0.495 e. The van der Waals surface area contributed by atoms with Crippen LogP contribution in [0.2, 0.25) is 0 Å². The maximum atomic E-state index is 5.43. The van der Waals surface area contributed by atoms with Crippen LogP contribution in [-0.2, 0) is 0 Å². The largest absolute Gasteiger partial charge is 0.495 e. The monoisotopic (exact) mass is 303 g/mol. The standard InChI is InChI=1S/C14H17N5OS/c1-20-12-5-3-2-4-11(12)18-6-8-19(9-7-18)13-10-15-17-14(21)16-13/h2-5,10H,6-9H2,1H3,(H,16,17,21). The summed E-state index contributed by atoms with van der Waals surface area (Å²) >= 11 is 5.02. The summed E-state index contributed by atoms with van der Waals surface area (Å²) in [6.07, 6.45) is 1.72. The zero-order chi connectivity index (χ0) is 14.7. The number of benzene rings is 1. The number of nitrogens with zero attached hydrogens (tertiary/aromatic N) is 4. The van der Waals surface area contributed by atoms with Gasteiger partial charge in [-0.3, -0.25) is 5.10 Å². The van der Waals surface area contributed by atoms with Crippen LogP contribution >= 0.6 is 12.2 Å². The van der Waals surface area contributed by atoms with Gasteiger partial charge in [-0.25, -0.2) is 0 Å². The maximum Gasteiger partial charge on any atom is 0.215 e. The van der Waals surface area contributed by atoms with Crippen LogP contribution in [0.5, 0.6) is 5.75 Å². The number of methoxy groups -OCH3 is 1. The first-order valence-corrected chi connectivity index (χ1v) is 7.23. The summed E-state index contributed by atoms with van der Waals surface area (Å²) in [7, 11) is 1.70. The number of para-hydroxylation sites is 2. The molecule has 1 aromatic heterocycles. The van der Waals surface area contributed by atoms with E-state index >= 15 is 0 Å². The van der Waals surface area contributed by atoms with Crippen LogP contribution in [0.3, 0.4) is 0 Å². The number of hydrogen-bond donors (Lipinski definition) is 1. The summed E-state index contributed by atoms with van der Waals surface area (Å²) in [6.45, 7) is 3.58. The van der Waals surface area contributed by atoms with E-state index in [1.807, 2.05) is 18.2 Å². The van der Waals surface area contributed by atoms with Crippen molar-refractivity contribution in [2.75, 3.05) is 43.1 Å². The lowest BCUT2D eigenvalue weighted by atomic mass is 10.2. The van der Waals surface area contributed by atoms with Crippen LogP contribution in [0.15, 0.2) is 30.5 Å². The van der Waals surface area contributed by atoms with E-state index in [1.54, 1.807) is 13.3 Å². The van der Waals surface area contributed by atoms with Crippen molar-refractivity contribution in [2.24, 2.45) is 0 Å². The van der Waals surface area contributed by atoms with Crippen molar-refractivity contribution in [3.63, 3.8) is 0 Å². The van der Waals surface area contributed by atoms with Crippen LogP contribution in [0.1, 0.15) is 0 Å². The zero-order valence-corrected chi connectivity index (χ0v) is 12.6. The molecule has 0 saturated carbocycles. The summed E-state index contributed by atoms with van der Waals surface area (Å²) in [5, 5.41) is 6.66. The third kappa shape index (κ3) is 2.97. The third-order valence-electron chi connectivity index (χ3n) is 3.59. The van der Waals surface area contributed by atoms with Crippen molar-refractivity contribution in [3.8, 4) is 5.75 Å². The molecular formula is C14H17N5OS. The quantitative estimate of drug-likeness (QED) is 0.874. The number of anilines is 2. The van der Waals surface area contributed by atoms with Crippen molar-refractivity contribution in [1.82, 2.24) is 15.2 Å². The Morgan fingerprint density at radius 1 is 1.14 bits per heavy atom. The van der Waals surface area contributed by atoms with E-state index in [0.717, 1.165) is 43.4 Å². The Morgan fingerprint density at radius 3 is 2.57 bits per heavy atom. The van der Waals surface area contributed by atoms with Gasteiger partial charge in [-0.05, 0) is 24.4 Å². The average molecular weight is 303 g/mol. The Hall–Kier alpha value is -2.15. The second kappa shape index (κ2) is 6.09. The molecule has 1 aliphatic heterocycles. The van der Waals surface area contributed by atoms with Gasteiger partial charge >= 0.3 is 0 Å². The number of rotatable bonds is 3. The molecule has 1 fully saturated rings. The highest BCUT2D eigenvalue weighted by molar-refractivity contribution is 7.71. The Morgan fingerprint density at radius 2 is 1.86 bits per heavy atom. The van der Waals surface area contributed by atoms with Gasteiger partial charge in [0.15, 0.2) is 5.82 Å². The fourth-order valence-electron chi connectivity index (χ4n) is 2.52. The molecule has 1 aliphatic rings. The first-order valence-electron chi connectivity index (χ1n) is 6.82. The van der Waals surface area contributed by atoms with Crippen LogP contribution < -0.4 is 14.5 Å². The van der Waals surface area contributed by atoms with Gasteiger partial charge in [0.25, 0.3) is 0 Å². The van der Waals surface area contributed by atoms with Crippen LogP contribution in [0, 0.1) is 4.77 Å². The Balaban J connectivity index is 1.72. The number of aromatic nitrogens is 3. The zero-order valence-electron chi connectivity index (χ0n) is 11.8. The molecule has 0 bridgehead atoms. The predicted molar refractivity (Wildman–Crippen MR) is 84.6 cm³/mol. The number of hydrogen-bond acceptors (Lipinski definition) is 6. The minimum absolute atomic E-state index is 0.416. The molecule has 1 saturated heterocycles. The molecule has 2 aromatic rings. The smallest absolute Gasteiger partial charge is 0.215 e. The second-order valence-corrected chi connectivity index (χ2v) is 5.18. The molecule has 0 unspecified atom stereocenters. The number of piperazine rings is 1. The highest BCUT2D eigenvalue weighted by atomic mass is 32.1. The van der Waals surface area contributed by atoms with E-state index in [0.29, 0.717) is 4.77 Å². The molecule has 2 heterocycles. The molecule has 110 valence electrons. The molecule has 0 radical (unpaired) electrons. The number of ether oxygens (including phenoxy) is 1. The molecule has 1 N–H and O–H groups in total. The van der Waals surface area contributed by atoms with E-state index in [9.17, 15) is 0 Å². The van der Waals surface area contributed by atoms with Crippen LogP contribution in [-0.4, -0.2) is 48.5 Å².